The standard InChI is InChI=1S/C25H35ClFN5O/c1-16-11-25(5,32-9-7-20-17(14-32)10-18(26)13-28-20)30-23(31-8-6-19(27)15-31)22(16)29-21(33)12-24(2,3)4/h10-11,13,19,30H,6-9,12,14-15H2,1-5H3,(H,29,33)/t19-,25?/m1/s1. The molecule has 4 rings (SSSR count). The van der Waals surface area contributed by atoms with E-state index in [1.165, 1.54) is 0 Å². The SMILES string of the molecule is CC1=CC(C)(N2CCc3ncc(Cl)cc3C2)NC(N2CC[C@@H](F)C2)=C1NC(=O)CC(C)(C)C. The third-order valence-electron chi connectivity index (χ3n) is 6.57. The third-order valence-corrected chi connectivity index (χ3v) is 6.77. The Kier molecular flexibility index (Phi) is 6.49. The van der Waals surface area contributed by atoms with Crippen LogP contribution >= 0.6 is 11.6 Å². The maximum absolute atomic E-state index is 14.2. The molecule has 0 spiro atoms. The minimum atomic E-state index is -0.863. The van der Waals surface area contributed by atoms with E-state index in [0.717, 1.165) is 41.3 Å². The van der Waals surface area contributed by atoms with Crippen molar-refractivity contribution in [3.8, 4) is 0 Å². The third kappa shape index (κ3) is 5.35. The van der Waals surface area contributed by atoms with E-state index < -0.39 is 11.8 Å². The summed E-state index contributed by atoms with van der Waals surface area (Å²) < 4.78 is 14.2. The molecule has 1 amide bonds. The van der Waals surface area contributed by atoms with Crippen molar-refractivity contribution in [2.24, 2.45) is 5.41 Å². The van der Waals surface area contributed by atoms with E-state index in [1.54, 1.807) is 6.20 Å². The van der Waals surface area contributed by atoms with Gasteiger partial charge in [-0.25, -0.2) is 4.39 Å². The first kappa shape index (κ1) is 24.0. The van der Waals surface area contributed by atoms with Gasteiger partial charge in [-0.1, -0.05) is 32.4 Å². The van der Waals surface area contributed by atoms with Gasteiger partial charge in [-0.15, -0.1) is 0 Å². The summed E-state index contributed by atoms with van der Waals surface area (Å²) in [5, 5.41) is 7.45. The normalized spacial score (nSPS) is 26.1. The zero-order valence-corrected chi connectivity index (χ0v) is 21.0. The molecule has 2 atom stereocenters. The first-order valence-electron chi connectivity index (χ1n) is 11.7. The second kappa shape index (κ2) is 8.91. The van der Waals surface area contributed by atoms with Crippen LogP contribution in [0.4, 0.5) is 4.39 Å². The van der Waals surface area contributed by atoms with Gasteiger partial charge in [0.1, 0.15) is 17.7 Å². The minimum Gasteiger partial charge on any atom is -0.354 e. The van der Waals surface area contributed by atoms with Gasteiger partial charge in [0.05, 0.1) is 17.3 Å². The molecule has 33 heavy (non-hydrogen) atoms. The summed E-state index contributed by atoms with van der Waals surface area (Å²) in [5.41, 5.74) is 3.33. The molecule has 1 saturated heterocycles. The summed E-state index contributed by atoms with van der Waals surface area (Å²) in [6.07, 6.45) is 4.75. The number of pyridine rings is 1. The van der Waals surface area contributed by atoms with Crippen molar-refractivity contribution in [2.75, 3.05) is 19.6 Å². The van der Waals surface area contributed by atoms with E-state index in [4.69, 9.17) is 11.6 Å². The highest BCUT2D eigenvalue weighted by Crippen LogP contribution is 2.33. The van der Waals surface area contributed by atoms with Crippen molar-refractivity contribution in [1.82, 2.24) is 25.4 Å². The lowest BCUT2D eigenvalue weighted by Crippen LogP contribution is -2.60. The number of carbonyl (C=O) groups excluding carboxylic acids is 1. The van der Waals surface area contributed by atoms with Crippen molar-refractivity contribution in [2.45, 2.75) is 72.3 Å². The fourth-order valence-electron chi connectivity index (χ4n) is 4.96. The van der Waals surface area contributed by atoms with Crippen molar-refractivity contribution < 1.29 is 9.18 Å². The number of alkyl halides is 1. The maximum atomic E-state index is 14.2. The minimum absolute atomic E-state index is 0.0308. The Morgan fingerprint density at radius 3 is 2.82 bits per heavy atom. The number of rotatable bonds is 4. The van der Waals surface area contributed by atoms with Gasteiger partial charge in [0.15, 0.2) is 0 Å². The fraction of sp³-hybridized carbons (Fsp3) is 0.600. The Hall–Kier alpha value is -2.12. The van der Waals surface area contributed by atoms with Crippen LogP contribution in [0.2, 0.25) is 5.02 Å². The summed E-state index contributed by atoms with van der Waals surface area (Å²) in [6.45, 7) is 12.8. The summed E-state index contributed by atoms with van der Waals surface area (Å²) in [6, 6.07) is 1.99. The van der Waals surface area contributed by atoms with Crippen LogP contribution in [0.5, 0.6) is 0 Å². The monoisotopic (exact) mass is 475 g/mol. The zero-order chi connectivity index (χ0) is 24.0. The lowest BCUT2D eigenvalue weighted by Gasteiger charge is -2.47. The number of likely N-dealkylation sites (tertiary alicyclic amines) is 1. The van der Waals surface area contributed by atoms with Gasteiger partial charge >= 0.3 is 0 Å². The molecular weight excluding hydrogens is 441 g/mol. The van der Waals surface area contributed by atoms with Crippen molar-refractivity contribution >= 4 is 17.5 Å². The highest BCUT2D eigenvalue weighted by molar-refractivity contribution is 6.30. The van der Waals surface area contributed by atoms with Gasteiger partial charge in [-0.05, 0) is 49.0 Å². The Labute approximate surface area is 201 Å². The number of dihydropyridines is 1. The quantitative estimate of drug-likeness (QED) is 0.685. The largest absolute Gasteiger partial charge is 0.354 e. The second-order valence-corrected chi connectivity index (χ2v) is 11.3. The highest BCUT2D eigenvalue weighted by atomic mass is 35.5. The summed E-state index contributed by atoms with van der Waals surface area (Å²) >= 11 is 6.21. The van der Waals surface area contributed by atoms with Crippen LogP contribution < -0.4 is 10.6 Å². The maximum Gasteiger partial charge on any atom is 0.225 e. The van der Waals surface area contributed by atoms with E-state index in [0.29, 0.717) is 37.5 Å². The molecule has 0 aromatic carbocycles. The Balaban J connectivity index is 1.63. The molecule has 180 valence electrons. The summed E-state index contributed by atoms with van der Waals surface area (Å²) in [5.74, 6) is 0.770. The van der Waals surface area contributed by atoms with Crippen molar-refractivity contribution in [3.63, 3.8) is 0 Å². The topological polar surface area (TPSA) is 60.5 Å². The number of nitrogens with zero attached hydrogens (tertiary/aromatic N) is 3. The molecule has 4 heterocycles. The number of hydrogen-bond acceptors (Lipinski definition) is 5. The van der Waals surface area contributed by atoms with Crippen LogP contribution in [0.1, 0.15) is 58.7 Å². The van der Waals surface area contributed by atoms with Gasteiger partial charge < -0.3 is 15.5 Å². The smallest absolute Gasteiger partial charge is 0.225 e. The lowest BCUT2D eigenvalue weighted by atomic mass is 9.91. The molecule has 3 aliphatic rings. The van der Waals surface area contributed by atoms with E-state index in [2.05, 4.69) is 33.5 Å². The Bertz CT molecular complexity index is 1000. The van der Waals surface area contributed by atoms with Gasteiger partial charge in [0.2, 0.25) is 5.91 Å². The van der Waals surface area contributed by atoms with Gasteiger partial charge in [0, 0.05) is 44.4 Å². The molecule has 3 aliphatic heterocycles. The molecule has 1 fully saturated rings. The molecule has 0 aliphatic carbocycles. The fourth-order valence-corrected chi connectivity index (χ4v) is 5.14. The average molecular weight is 476 g/mol. The number of aromatic nitrogens is 1. The predicted octanol–water partition coefficient (Wildman–Crippen LogP) is 4.12. The zero-order valence-electron chi connectivity index (χ0n) is 20.3. The van der Waals surface area contributed by atoms with Crippen LogP contribution in [-0.2, 0) is 17.8 Å². The molecule has 1 aromatic rings. The predicted molar refractivity (Wildman–Crippen MR) is 129 cm³/mol. The molecule has 0 bridgehead atoms. The number of hydrogen-bond donors (Lipinski definition) is 2. The number of halogens is 2. The van der Waals surface area contributed by atoms with E-state index in [-0.39, 0.29) is 11.3 Å². The number of allylic oxidation sites excluding steroid dienone is 1. The molecule has 2 N–H and O–H groups in total. The first-order valence-corrected chi connectivity index (χ1v) is 12.1. The number of fused-ring (bicyclic) bond motifs is 1. The van der Waals surface area contributed by atoms with Gasteiger partial charge in [0.25, 0.3) is 0 Å². The average Bonchev–Trinajstić information content (AvgIpc) is 3.14. The van der Waals surface area contributed by atoms with E-state index in [9.17, 15) is 9.18 Å². The van der Waals surface area contributed by atoms with Crippen LogP contribution in [0.3, 0.4) is 0 Å². The van der Waals surface area contributed by atoms with Crippen LogP contribution in [0.25, 0.3) is 0 Å². The molecule has 0 saturated carbocycles. The highest BCUT2D eigenvalue weighted by Gasteiger charge is 2.39. The lowest BCUT2D eigenvalue weighted by molar-refractivity contribution is -0.122. The number of nitrogens with one attached hydrogen (secondary N) is 2. The van der Waals surface area contributed by atoms with Crippen LogP contribution in [0.15, 0.2) is 35.4 Å². The second-order valence-electron chi connectivity index (χ2n) is 10.9. The van der Waals surface area contributed by atoms with E-state index >= 15 is 0 Å². The molecule has 1 unspecified atom stereocenters. The molecule has 6 nitrogen and oxygen atoms in total. The summed E-state index contributed by atoms with van der Waals surface area (Å²) in [7, 11) is 0. The molecular formula is C25H35ClFN5O. The Morgan fingerprint density at radius 1 is 1.39 bits per heavy atom. The number of carbonyl (C=O) groups is 1. The van der Waals surface area contributed by atoms with E-state index in [1.807, 2.05) is 38.7 Å². The number of amides is 1. The van der Waals surface area contributed by atoms with Gasteiger partial charge in [-0.3, -0.25) is 14.7 Å². The summed E-state index contributed by atoms with van der Waals surface area (Å²) in [4.78, 5) is 21.7. The van der Waals surface area contributed by atoms with Gasteiger partial charge in [-0.2, -0.15) is 0 Å². The molecule has 8 heteroatoms. The Morgan fingerprint density at radius 2 is 2.15 bits per heavy atom. The van der Waals surface area contributed by atoms with Crippen molar-refractivity contribution in [3.05, 3.63) is 51.7 Å². The van der Waals surface area contributed by atoms with Crippen molar-refractivity contribution in [1.29, 1.82) is 0 Å². The first-order chi connectivity index (χ1) is 15.4. The molecule has 0 radical (unpaired) electrons. The molecule has 1 aromatic heterocycles. The van der Waals surface area contributed by atoms with Crippen LogP contribution in [-0.4, -0.2) is 52.2 Å². The van der Waals surface area contributed by atoms with Crippen LogP contribution in [0, 0.1) is 5.41 Å².